The molecule has 1 aromatic carbocycles. The lowest BCUT2D eigenvalue weighted by molar-refractivity contribution is -0.136. The van der Waals surface area contributed by atoms with E-state index < -0.39 is 17.4 Å². The summed E-state index contributed by atoms with van der Waals surface area (Å²) in [5, 5.41) is 13.6. The summed E-state index contributed by atoms with van der Waals surface area (Å²) in [4.78, 5) is 3.69. The maximum absolute atomic E-state index is 12.9. The highest BCUT2D eigenvalue weighted by Crippen LogP contribution is 2.35. The predicted molar refractivity (Wildman–Crippen MR) is 69.5 cm³/mol. The van der Waals surface area contributed by atoms with Crippen LogP contribution in [0, 0.1) is 0 Å². The Bertz CT molecular complexity index is 826. The normalized spacial score (nSPS) is 12.0. The van der Waals surface area contributed by atoms with Crippen LogP contribution in [0.3, 0.4) is 0 Å². The molecule has 21 heavy (non-hydrogen) atoms. The van der Waals surface area contributed by atoms with Crippen molar-refractivity contribution in [1.82, 2.24) is 14.6 Å². The van der Waals surface area contributed by atoms with Gasteiger partial charge in [-0.15, -0.1) is 0 Å². The molecule has 0 atom stereocenters. The number of benzene rings is 1. The fourth-order valence-corrected chi connectivity index (χ4v) is 2.06. The molecule has 0 saturated carbocycles. The van der Waals surface area contributed by atoms with Crippen molar-refractivity contribution in [2.24, 2.45) is 0 Å². The number of anilines is 1. The van der Waals surface area contributed by atoms with E-state index >= 15 is 0 Å². The van der Waals surface area contributed by atoms with Crippen LogP contribution in [0.15, 0.2) is 36.5 Å². The van der Waals surface area contributed by atoms with Gasteiger partial charge in [0, 0.05) is 11.6 Å². The van der Waals surface area contributed by atoms with E-state index in [1.54, 1.807) is 18.2 Å². The SMILES string of the molecule is Nc1cc(-c2ccccc2O)n2ncc(C(F)(F)F)c2n1. The third kappa shape index (κ3) is 2.14. The third-order valence-electron chi connectivity index (χ3n) is 2.98. The highest BCUT2D eigenvalue weighted by molar-refractivity contribution is 5.72. The summed E-state index contributed by atoms with van der Waals surface area (Å²) < 4.78 is 39.7. The number of nitrogens with two attached hydrogens (primary N) is 1. The maximum atomic E-state index is 12.9. The molecule has 0 unspecified atom stereocenters. The standard InChI is InChI=1S/C13H9F3N4O/c14-13(15,16)8-6-18-20-9(5-11(17)19-12(8)20)7-3-1-2-4-10(7)21/h1-6,21H,(H2,17,19). The number of nitrogen functional groups attached to an aromatic ring is 1. The van der Waals surface area contributed by atoms with Crippen molar-refractivity contribution >= 4 is 11.5 Å². The molecular formula is C13H9F3N4O. The first-order chi connectivity index (χ1) is 9.88. The Morgan fingerprint density at radius 1 is 1.19 bits per heavy atom. The molecule has 3 aromatic rings. The van der Waals surface area contributed by atoms with Gasteiger partial charge >= 0.3 is 6.18 Å². The van der Waals surface area contributed by atoms with Crippen LogP contribution >= 0.6 is 0 Å². The van der Waals surface area contributed by atoms with Gasteiger partial charge in [0.25, 0.3) is 0 Å². The number of hydrogen-bond donors (Lipinski definition) is 2. The summed E-state index contributed by atoms with van der Waals surface area (Å²) in [5.74, 6) is -0.180. The number of aromatic nitrogens is 3. The van der Waals surface area contributed by atoms with Crippen LogP contribution in [0.4, 0.5) is 19.0 Å². The summed E-state index contributed by atoms with van der Waals surface area (Å²) in [6.07, 6.45) is -3.90. The van der Waals surface area contributed by atoms with E-state index in [1.165, 1.54) is 12.1 Å². The zero-order chi connectivity index (χ0) is 15.2. The number of aromatic hydroxyl groups is 1. The molecule has 2 heterocycles. The number of hydrogen-bond acceptors (Lipinski definition) is 4. The molecule has 0 radical (unpaired) electrons. The second-order valence-corrected chi connectivity index (χ2v) is 4.37. The number of phenolic OH excluding ortho intramolecular Hbond substituents is 1. The molecular weight excluding hydrogens is 285 g/mol. The summed E-state index contributed by atoms with van der Waals surface area (Å²) in [6.45, 7) is 0. The lowest BCUT2D eigenvalue weighted by atomic mass is 10.1. The van der Waals surface area contributed by atoms with Crippen molar-refractivity contribution < 1.29 is 18.3 Å². The minimum atomic E-state index is -4.58. The second kappa shape index (κ2) is 4.37. The highest BCUT2D eigenvalue weighted by Gasteiger charge is 2.35. The first-order valence-corrected chi connectivity index (χ1v) is 5.88. The first-order valence-electron chi connectivity index (χ1n) is 5.88. The third-order valence-corrected chi connectivity index (χ3v) is 2.98. The Balaban J connectivity index is 2.35. The fraction of sp³-hybridized carbons (Fsp3) is 0.0769. The Labute approximate surface area is 116 Å². The van der Waals surface area contributed by atoms with Gasteiger partial charge in [-0.3, -0.25) is 0 Å². The van der Waals surface area contributed by atoms with Gasteiger partial charge in [-0.25, -0.2) is 9.50 Å². The number of phenols is 1. The van der Waals surface area contributed by atoms with Crippen LogP contribution in [0.1, 0.15) is 5.56 Å². The van der Waals surface area contributed by atoms with E-state index in [0.29, 0.717) is 11.8 Å². The molecule has 0 spiro atoms. The maximum Gasteiger partial charge on any atom is 0.421 e. The van der Waals surface area contributed by atoms with Gasteiger partial charge in [-0.05, 0) is 12.1 Å². The van der Waals surface area contributed by atoms with Gasteiger partial charge in [-0.1, -0.05) is 12.1 Å². The van der Waals surface area contributed by atoms with E-state index in [0.717, 1.165) is 4.52 Å². The van der Waals surface area contributed by atoms with Crippen LogP contribution in [-0.2, 0) is 6.18 Å². The Morgan fingerprint density at radius 2 is 1.90 bits per heavy atom. The first kappa shape index (κ1) is 13.2. The topological polar surface area (TPSA) is 76.4 Å². The molecule has 5 nitrogen and oxygen atoms in total. The molecule has 3 N–H and O–H groups in total. The molecule has 3 rings (SSSR count). The molecule has 0 aliphatic heterocycles. The summed E-state index contributed by atoms with van der Waals surface area (Å²) in [6, 6.07) is 7.58. The van der Waals surface area contributed by atoms with Crippen molar-refractivity contribution in [1.29, 1.82) is 0 Å². The van der Waals surface area contributed by atoms with E-state index in [-0.39, 0.29) is 17.3 Å². The highest BCUT2D eigenvalue weighted by atomic mass is 19.4. The molecule has 8 heteroatoms. The van der Waals surface area contributed by atoms with Gasteiger partial charge in [0.1, 0.15) is 17.1 Å². The molecule has 0 saturated heterocycles. The van der Waals surface area contributed by atoms with Crippen molar-refractivity contribution in [2.45, 2.75) is 6.18 Å². The van der Waals surface area contributed by atoms with Crippen LogP contribution in [0.5, 0.6) is 5.75 Å². The van der Waals surface area contributed by atoms with Crippen molar-refractivity contribution in [2.75, 3.05) is 5.73 Å². The minimum Gasteiger partial charge on any atom is -0.507 e. The molecule has 0 bridgehead atoms. The molecule has 0 aliphatic rings. The Hall–Kier alpha value is -2.77. The van der Waals surface area contributed by atoms with Gasteiger partial charge in [0.15, 0.2) is 5.65 Å². The van der Waals surface area contributed by atoms with Gasteiger partial charge < -0.3 is 10.8 Å². The summed E-state index contributed by atoms with van der Waals surface area (Å²) >= 11 is 0. The van der Waals surface area contributed by atoms with Crippen LogP contribution in [0.25, 0.3) is 16.9 Å². The zero-order valence-electron chi connectivity index (χ0n) is 10.5. The molecule has 0 amide bonds. The lowest BCUT2D eigenvalue weighted by Crippen LogP contribution is -2.07. The van der Waals surface area contributed by atoms with Crippen LogP contribution < -0.4 is 5.73 Å². The van der Waals surface area contributed by atoms with Crippen LogP contribution in [0.2, 0.25) is 0 Å². The molecule has 0 fully saturated rings. The second-order valence-electron chi connectivity index (χ2n) is 4.37. The molecule has 2 aromatic heterocycles. The quantitative estimate of drug-likeness (QED) is 0.723. The average molecular weight is 294 g/mol. The van der Waals surface area contributed by atoms with Gasteiger partial charge in [0.2, 0.25) is 0 Å². The van der Waals surface area contributed by atoms with E-state index in [4.69, 9.17) is 5.73 Å². The van der Waals surface area contributed by atoms with Crippen molar-refractivity contribution in [3.8, 4) is 17.0 Å². The van der Waals surface area contributed by atoms with Gasteiger partial charge in [-0.2, -0.15) is 18.3 Å². The summed E-state index contributed by atoms with van der Waals surface area (Å²) in [7, 11) is 0. The Morgan fingerprint density at radius 3 is 2.57 bits per heavy atom. The van der Waals surface area contributed by atoms with Crippen molar-refractivity contribution in [3.05, 3.63) is 42.1 Å². The summed E-state index contributed by atoms with van der Waals surface area (Å²) in [5.41, 5.74) is 4.74. The monoisotopic (exact) mass is 294 g/mol. The Kier molecular flexibility index (Phi) is 2.75. The molecule has 0 aliphatic carbocycles. The number of alkyl halides is 3. The number of halogens is 3. The van der Waals surface area contributed by atoms with Gasteiger partial charge in [0.05, 0.1) is 11.9 Å². The van der Waals surface area contributed by atoms with Crippen molar-refractivity contribution in [3.63, 3.8) is 0 Å². The number of rotatable bonds is 1. The fourth-order valence-electron chi connectivity index (χ4n) is 2.06. The molecule has 108 valence electrons. The average Bonchev–Trinajstić information content (AvgIpc) is 2.82. The van der Waals surface area contributed by atoms with E-state index in [2.05, 4.69) is 10.1 Å². The number of para-hydroxylation sites is 1. The minimum absolute atomic E-state index is 0.0894. The van der Waals surface area contributed by atoms with E-state index in [9.17, 15) is 18.3 Å². The lowest BCUT2D eigenvalue weighted by Gasteiger charge is -2.09. The number of nitrogens with zero attached hydrogens (tertiary/aromatic N) is 3. The predicted octanol–water partition coefficient (Wildman–Crippen LogP) is 2.70. The smallest absolute Gasteiger partial charge is 0.421 e. The number of fused-ring (bicyclic) bond motifs is 1. The largest absolute Gasteiger partial charge is 0.507 e. The zero-order valence-corrected chi connectivity index (χ0v) is 10.5. The van der Waals surface area contributed by atoms with E-state index in [1.807, 2.05) is 0 Å². The van der Waals surface area contributed by atoms with Crippen LogP contribution in [-0.4, -0.2) is 19.7 Å².